The van der Waals surface area contributed by atoms with Gasteiger partial charge in [-0.15, -0.1) is 0 Å². The van der Waals surface area contributed by atoms with Crippen LogP contribution in [0.25, 0.3) is 0 Å². The molecular formula is C102H176O20. The number of esters is 10. The van der Waals surface area contributed by atoms with Crippen molar-refractivity contribution in [3.05, 3.63) is 0 Å². The highest BCUT2D eigenvalue weighted by atomic mass is 16.6. The van der Waals surface area contributed by atoms with Crippen LogP contribution in [-0.4, -0.2) is 122 Å². The molecule has 2 unspecified atom stereocenters. The normalized spacial score (nSPS) is 29.6. The minimum Gasteiger partial charge on any atom is -0.465 e. The van der Waals surface area contributed by atoms with E-state index in [9.17, 15) is 47.9 Å². The van der Waals surface area contributed by atoms with Gasteiger partial charge in [0.15, 0.2) is 19.8 Å². The topological polar surface area (TPSA) is 263 Å². The molecule has 20 nitrogen and oxygen atoms in total. The molecule has 0 aromatic carbocycles. The maximum Gasteiger partial charge on any atom is 0.344 e. The van der Waals surface area contributed by atoms with E-state index in [2.05, 4.69) is 20.8 Å². The smallest absolute Gasteiger partial charge is 0.344 e. The molecule has 15 fully saturated rings. The molecule has 0 aliphatic heterocycles. The molecule has 0 aromatic heterocycles. The molecule has 0 saturated heterocycles. The van der Waals surface area contributed by atoms with Gasteiger partial charge in [-0.3, -0.25) is 33.6 Å². The first kappa shape index (κ1) is 107. The van der Waals surface area contributed by atoms with Crippen molar-refractivity contribution in [3.8, 4) is 0 Å². The van der Waals surface area contributed by atoms with Gasteiger partial charge < -0.3 is 47.4 Å². The minimum atomic E-state index is -0.656. The number of carbonyl (C=O) groups excluding carboxylic acids is 10. The van der Waals surface area contributed by atoms with Crippen LogP contribution < -0.4 is 0 Å². The maximum atomic E-state index is 13.0. The summed E-state index contributed by atoms with van der Waals surface area (Å²) in [6, 6.07) is 0. The van der Waals surface area contributed by atoms with Gasteiger partial charge in [0.25, 0.3) is 0 Å². The van der Waals surface area contributed by atoms with Gasteiger partial charge in [-0.2, -0.15) is 0 Å². The van der Waals surface area contributed by atoms with Gasteiger partial charge in [0.2, 0.25) is 0 Å². The molecule has 0 N–H and O–H groups in total. The third-order valence-corrected chi connectivity index (χ3v) is 31.7. The Hall–Kier alpha value is -5.30. The SMILES string of the molecule is CC.CC.CC.CC.CCC(C)(C)C(=O)OCC(=O)OC(CC)(C1CCCCC1)C1CCCCC1.CCC(C)(C)C(=O)OCC(=O)OC1(C)C2CC3CC(C2)CC1C3.CCC(C)(C)C(=O)OCCCC(=O)OC1(C)C2CC3CC(C2)CC1C3.CCC(C)(C)C(=O)OCCOC(=O)C1CCCCC1C(=O)OCC(=O)OC(C)(C)C12CC3CC(CC(C3)C1)C2. The van der Waals surface area contributed by atoms with E-state index in [4.69, 9.17) is 47.4 Å². The van der Waals surface area contributed by atoms with E-state index in [1.807, 2.05) is 138 Å². The number of rotatable bonds is 31. The molecule has 0 radical (unpaired) electrons. The fraction of sp³-hybridized carbons (Fsp3) is 0.902. The quantitative estimate of drug-likeness (QED) is 0.0355. The standard InChI is InChI=1S/C31H48O8.C23H40O4.C21H34O4.C19H30O4.4C2H6/c1-6-29(2,3)28(35)37-12-11-36-26(33)23-9-7-8-10-24(23)27(34)38-19-25(32)39-30(4,5)31-16-20-13-21(17-31)15-22(14-20)18-31;1-5-22(3,4)21(25)26-17-20(24)27-23(6-2,18-13-9-7-10-14-18)19-15-11-8-12-16-19;1-5-20(2,3)19(23)24-8-6-7-18(22)25-21(4)16-10-14-9-15(12-16)13-17(21)11-14;1-5-18(2,3)17(21)22-11-16(20)23-19(4)14-7-12-6-13(9-14)10-15(19)8-12;4*1-2/h20-24H,6-19H2,1-5H3;18-19H,5-17H2,1-4H3;14-17H,5-13H2,1-4H3;12-15H,5-11H2,1-4H3;4*1-2H3. The summed E-state index contributed by atoms with van der Waals surface area (Å²) in [5.74, 6) is 3.72. The monoisotopic (exact) mass is 1720 g/mol. The summed E-state index contributed by atoms with van der Waals surface area (Å²) in [5, 5.41) is 0. The number of ether oxygens (including phenoxy) is 10. The number of carbonyl (C=O) groups is 10. The molecule has 0 spiro atoms. The van der Waals surface area contributed by atoms with Crippen LogP contribution in [-0.2, 0) is 95.3 Å². The zero-order valence-corrected chi connectivity index (χ0v) is 81.7. The van der Waals surface area contributed by atoms with Crippen LogP contribution in [0.15, 0.2) is 0 Å². The van der Waals surface area contributed by atoms with E-state index < -0.39 is 63.6 Å². The fourth-order valence-electron chi connectivity index (χ4n) is 23.3. The largest absolute Gasteiger partial charge is 0.465 e. The van der Waals surface area contributed by atoms with Crippen molar-refractivity contribution < 1.29 is 95.3 Å². The summed E-state index contributed by atoms with van der Waals surface area (Å²) in [4.78, 5) is 124. The second kappa shape index (κ2) is 48.8. The molecule has 0 heterocycles. The van der Waals surface area contributed by atoms with Crippen molar-refractivity contribution in [1.82, 2.24) is 0 Å². The van der Waals surface area contributed by atoms with Gasteiger partial charge in [0.05, 0.1) is 40.1 Å². The Bertz CT molecular complexity index is 3160. The molecule has 15 rings (SSSR count). The van der Waals surface area contributed by atoms with Gasteiger partial charge in [-0.05, 0) is 340 Å². The van der Waals surface area contributed by atoms with Crippen molar-refractivity contribution in [1.29, 1.82) is 0 Å². The lowest BCUT2D eigenvalue weighted by molar-refractivity contribution is -0.208. The highest BCUT2D eigenvalue weighted by Crippen LogP contribution is 2.65. The summed E-state index contributed by atoms with van der Waals surface area (Å²) < 4.78 is 56.0. The second-order valence-corrected chi connectivity index (χ2v) is 41.3. The zero-order chi connectivity index (χ0) is 91.4. The number of hydrogen-bond acceptors (Lipinski definition) is 20. The molecule has 122 heavy (non-hydrogen) atoms. The zero-order valence-electron chi connectivity index (χ0n) is 81.7. The van der Waals surface area contributed by atoms with E-state index in [-0.39, 0.29) is 90.4 Å². The van der Waals surface area contributed by atoms with Gasteiger partial charge in [0, 0.05) is 11.8 Å². The molecule has 15 aliphatic carbocycles. The minimum absolute atomic E-state index is 0.0141. The van der Waals surface area contributed by atoms with E-state index in [0.717, 1.165) is 112 Å². The lowest BCUT2D eigenvalue weighted by atomic mass is 9.46. The lowest BCUT2D eigenvalue weighted by Crippen LogP contribution is -2.58. The molecule has 2 atom stereocenters. The number of hydrogen-bond donors (Lipinski definition) is 0. The van der Waals surface area contributed by atoms with Crippen molar-refractivity contribution in [2.45, 2.75) is 433 Å². The molecule has 15 saturated carbocycles. The molecule has 704 valence electrons. The summed E-state index contributed by atoms with van der Waals surface area (Å²) in [6.07, 6.45) is 39.0. The van der Waals surface area contributed by atoms with Crippen LogP contribution >= 0.6 is 0 Å². The summed E-state index contributed by atoms with van der Waals surface area (Å²) in [7, 11) is 0. The van der Waals surface area contributed by atoms with Crippen molar-refractivity contribution in [2.75, 3.05) is 39.6 Å². The molecule has 12 bridgehead atoms. The van der Waals surface area contributed by atoms with Gasteiger partial charge in [-0.1, -0.05) is 141 Å². The van der Waals surface area contributed by atoms with Gasteiger partial charge in [0.1, 0.15) is 35.6 Å². The lowest BCUT2D eigenvalue weighted by Gasteiger charge is -2.61. The van der Waals surface area contributed by atoms with Crippen LogP contribution in [0, 0.1) is 116 Å². The Balaban J connectivity index is 0.000000287. The average molecular weight is 1720 g/mol. The van der Waals surface area contributed by atoms with E-state index in [1.165, 1.54) is 122 Å². The Morgan fingerprint density at radius 1 is 0.311 bits per heavy atom. The predicted octanol–water partition coefficient (Wildman–Crippen LogP) is 23.5. The average Bonchev–Trinajstić information content (AvgIpc) is 0.732. The fourth-order valence-corrected chi connectivity index (χ4v) is 23.3. The first-order chi connectivity index (χ1) is 57.7. The molecule has 15 aliphatic rings. The summed E-state index contributed by atoms with van der Waals surface area (Å²) in [5.41, 5.74) is -3.73. The third-order valence-electron chi connectivity index (χ3n) is 31.7. The van der Waals surface area contributed by atoms with Crippen LogP contribution in [0.1, 0.15) is 411 Å². The van der Waals surface area contributed by atoms with Gasteiger partial charge >= 0.3 is 59.7 Å². The Kier molecular flexibility index (Phi) is 42.8. The maximum absolute atomic E-state index is 13.0. The Morgan fingerprint density at radius 2 is 0.607 bits per heavy atom. The Labute approximate surface area is 739 Å². The third kappa shape index (κ3) is 28.1. The first-order valence-electron chi connectivity index (χ1n) is 49.6. The van der Waals surface area contributed by atoms with Crippen LogP contribution in [0.4, 0.5) is 0 Å². The van der Waals surface area contributed by atoms with Crippen LogP contribution in [0.2, 0.25) is 0 Å². The first-order valence-corrected chi connectivity index (χ1v) is 49.6. The molecule has 0 aromatic rings. The highest BCUT2D eigenvalue weighted by Gasteiger charge is 2.61. The summed E-state index contributed by atoms with van der Waals surface area (Å²) in [6.45, 7) is 48.3. The second-order valence-electron chi connectivity index (χ2n) is 41.3. The molecule has 20 heteroatoms. The van der Waals surface area contributed by atoms with E-state index in [0.29, 0.717) is 87.1 Å². The van der Waals surface area contributed by atoms with E-state index >= 15 is 0 Å². The Morgan fingerprint density at radius 3 is 0.967 bits per heavy atom. The van der Waals surface area contributed by atoms with Crippen molar-refractivity contribution in [3.63, 3.8) is 0 Å². The molecular weight excluding hydrogens is 1550 g/mol. The molecule has 0 amide bonds. The van der Waals surface area contributed by atoms with Crippen molar-refractivity contribution in [2.24, 2.45) is 116 Å². The summed E-state index contributed by atoms with van der Waals surface area (Å²) >= 11 is 0. The predicted molar refractivity (Wildman–Crippen MR) is 478 cm³/mol. The van der Waals surface area contributed by atoms with Gasteiger partial charge in [-0.25, -0.2) is 14.4 Å². The van der Waals surface area contributed by atoms with E-state index in [1.54, 1.807) is 13.8 Å². The van der Waals surface area contributed by atoms with Crippen molar-refractivity contribution >= 4 is 59.7 Å². The van der Waals surface area contributed by atoms with Crippen LogP contribution in [0.5, 0.6) is 0 Å². The van der Waals surface area contributed by atoms with Crippen LogP contribution in [0.3, 0.4) is 0 Å². The highest BCUT2D eigenvalue weighted by molar-refractivity contribution is 5.84.